The zero-order valence-electron chi connectivity index (χ0n) is 18.9. The Morgan fingerprint density at radius 3 is 2.44 bits per heavy atom. The molecule has 2 aliphatic rings. The summed E-state index contributed by atoms with van der Waals surface area (Å²) in [4.78, 5) is 13.2. The van der Waals surface area contributed by atoms with Gasteiger partial charge in [-0.2, -0.15) is 23.5 Å². The first-order chi connectivity index (χ1) is 16.9. The number of halogens is 4. The van der Waals surface area contributed by atoms with Crippen LogP contribution >= 0.6 is 0 Å². The van der Waals surface area contributed by atoms with E-state index in [4.69, 9.17) is 5.73 Å². The highest BCUT2D eigenvalue weighted by molar-refractivity contribution is 7.92. The number of nitrogens with two attached hydrogens (primary N) is 1. The van der Waals surface area contributed by atoms with Gasteiger partial charge in [-0.15, -0.1) is 0 Å². The molecule has 3 N–H and O–H groups in total. The summed E-state index contributed by atoms with van der Waals surface area (Å²) in [6, 6.07) is 5.82. The first-order valence-electron chi connectivity index (χ1n) is 11.3. The Morgan fingerprint density at radius 2 is 1.89 bits per heavy atom. The van der Waals surface area contributed by atoms with Gasteiger partial charge < -0.3 is 11.1 Å². The average molecular weight is 529 g/mol. The van der Waals surface area contributed by atoms with E-state index in [2.05, 4.69) is 21.4 Å². The van der Waals surface area contributed by atoms with Crippen LogP contribution in [0.4, 0.5) is 29.1 Å². The summed E-state index contributed by atoms with van der Waals surface area (Å²) in [6.45, 7) is 1.01. The van der Waals surface area contributed by atoms with Gasteiger partial charge in [-0.05, 0) is 49.9 Å². The molecule has 2 heterocycles. The lowest BCUT2D eigenvalue weighted by Gasteiger charge is -2.37. The number of sulfone groups is 1. The first kappa shape index (κ1) is 25.9. The average Bonchev–Trinajstić information content (AvgIpc) is 3.45. The maximum absolute atomic E-state index is 13.6. The highest BCUT2D eigenvalue weighted by Crippen LogP contribution is 2.38. The lowest BCUT2D eigenvalue weighted by molar-refractivity contribution is -0.0436. The molecular formula is C22H24F4N6O3S. The van der Waals surface area contributed by atoms with Crippen molar-refractivity contribution in [2.75, 3.05) is 18.4 Å². The molecule has 4 rings (SSSR count). The Morgan fingerprint density at radius 1 is 1.19 bits per heavy atom. The Hall–Kier alpha value is -3.18. The molecule has 2 aromatic rings. The maximum atomic E-state index is 13.6. The molecule has 1 aliphatic heterocycles. The molecule has 1 amide bonds. The molecule has 4 atom stereocenters. The number of carbonyl (C=O) groups is 1. The van der Waals surface area contributed by atoms with Gasteiger partial charge in [0.15, 0.2) is 5.82 Å². The van der Waals surface area contributed by atoms with Crippen LogP contribution in [0.5, 0.6) is 0 Å². The van der Waals surface area contributed by atoms with E-state index >= 15 is 0 Å². The van der Waals surface area contributed by atoms with Crippen molar-refractivity contribution in [1.82, 2.24) is 14.7 Å². The summed E-state index contributed by atoms with van der Waals surface area (Å²) < 4.78 is 76.5. The smallest absolute Gasteiger partial charge is 0.365 e. The highest BCUT2D eigenvalue weighted by atomic mass is 32.2. The second kappa shape index (κ2) is 9.70. The number of alkyl halides is 4. The third kappa shape index (κ3) is 5.03. The predicted octanol–water partition coefficient (Wildman–Crippen LogP) is 3.30. The molecule has 1 aromatic heterocycles. The van der Waals surface area contributed by atoms with E-state index in [0.717, 1.165) is 30.7 Å². The van der Waals surface area contributed by atoms with Crippen LogP contribution in [-0.2, 0) is 9.84 Å². The number of nitrogens with one attached hydrogen (secondary N) is 1. The number of amides is 1. The molecule has 0 spiro atoms. The van der Waals surface area contributed by atoms with Gasteiger partial charge >= 0.3 is 5.51 Å². The second-order valence-electron chi connectivity index (χ2n) is 8.98. The number of nitrogens with zero attached hydrogens (tertiary/aromatic N) is 4. The summed E-state index contributed by atoms with van der Waals surface area (Å²) in [7, 11) is -5.50. The Kier molecular flexibility index (Phi) is 6.98. The number of rotatable bonds is 6. The normalized spacial score (nSPS) is 25.4. The second-order valence-corrected chi connectivity index (χ2v) is 10.9. The molecule has 14 heteroatoms. The SMILES string of the molecule is N#C[C@H]1CC(N2CC[C@H](F)C2)CC[C@@H]1n1cc(C(N)=O)c(Nc2ccc(S(=O)(=O)C(F)(F)F)cc2)n1. The molecule has 1 saturated heterocycles. The summed E-state index contributed by atoms with van der Waals surface area (Å²) in [5.74, 6) is -1.23. The fourth-order valence-corrected chi connectivity index (χ4v) is 5.58. The van der Waals surface area contributed by atoms with Gasteiger partial charge in [0, 0.05) is 31.0 Å². The molecule has 194 valence electrons. The number of anilines is 2. The quantitative estimate of drug-likeness (QED) is 0.550. The van der Waals surface area contributed by atoms with Gasteiger partial charge in [0.2, 0.25) is 0 Å². The van der Waals surface area contributed by atoms with Crippen LogP contribution in [0.3, 0.4) is 0 Å². The van der Waals surface area contributed by atoms with Crippen LogP contribution < -0.4 is 11.1 Å². The predicted molar refractivity (Wildman–Crippen MR) is 121 cm³/mol. The fraction of sp³-hybridized carbons (Fsp3) is 0.500. The topological polar surface area (TPSA) is 134 Å². The van der Waals surface area contributed by atoms with Crippen molar-refractivity contribution < 1.29 is 30.8 Å². The largest absolute Gasteiger partial charge is 0.501 e. The number of hydrogen-bond donors (Lipinski definition) is 2. The summed E-state index contributed by atoms with van der Waals surface area (Å²) in [5, 5.41) is 16.9. The molecule has 9 nitrogen and oxygen atoms in total. The van der Waals surface area contributed by atoms with E-state index in [1.807, 2.05) is 0 Å². The summed E-state index contributed by atoms with van der Waals surface area (Å²) in [6.07, 6.45) is 2.85. The van der Waals surface area contributed by atoms with Crippen molar-refractivity contribution >= 4 is 27.2 Å². The number of carbonyl (C=O) groups excluding carboxylic acids is 1. The van der Waals surface area contributed by atoms with Crippen LogP contribution in [0.2, 0.25) is 0 Å². The molecule has 1 saturated carbocycles. The first-order valence-corrected chi connectivity index (χ1v) is 12.7. The third-order valence-corrected chi connectivity index (χ3v) is 8.20. The minimum absolute atomic E-state index is 0.000571. The Labute approximate surface area is 204 Å². The van der Waals surface area contributed by atoms with Gasteiger partial charge in [0.05, 0.1) is 22.9 Å². The molecule has 2 fully saturated rings. The monoisotopic (exact) mass is 528 g/mol. The molecule has 0 radical (unpaired) electrons. The van der Waals surface area contributed by atoms with E-state index in [1.54, 1.807) is 0 Å². The van der Waals surface area contributed by atoms with Crippen LogP contribution in [0.1, 0.15) is 42.1 Å². The van der Waals surface area contributed by atoms with E-state index in [-0.39, 0.29) is 29.2 Å². The van der Waals surface area contributed by atoms with E-state index in [1.165, 1.54) is 10.9 Å². The zero-order chi connectivity index (χ0) is 26.3. The van der Waals surface area contributed by atoms with Crippen molar-refractivity contribution in [1.29, 1.82) is 5.26 Å². The molecule has 1 unspecified atom stereocenters. The highest BCUT2D eigenvalue weighted by Gasteiger charge is 2.46. The van der Waals surface area contributed by atoms with E-state index in [0.29, 0.717) is 32.4 Å². The fourth-order valence-electron chi connectivity index (χ4n) is 4.82. The minimum Gasteiger partial charge on any atom is -0.365 e. The molecule has 36 heavy (non-hydrogen) atoms. The number of benzene rings is 1. The van der Waals surface area contributed by atoms with Crippen molar-refractivity contribution in [3.63, 3.8) is 0 Å². The van der Waals surface area contributed by atoms with Gasteiger partial charge in [0.25, 0.3) is 15.7 Å². The van der Waals surface area contributed by atoms with Gasteiger partial charge in [0.1, 0.15) is 11.7 Å². The number of nitriles is 1. The number of likely N-dealkylation sites (tertiary alicyclic amines) is 1. The van der Waals surface area contributed by atoms with Gasteiger partial charge in [-0.3, -0.25) is 14.4 Å². The van der Waals surface area contributed by atoms with Crippen LogP contribution in [-0.4, -0.2) is 59.8 Å². The maximum Gasteiger partial charge on any atom is 0.501 e. The lowest BCUT2D eigenvalue weighted by atomic mass is 9.82. The van der Waals surface area contributed by atoms with Crippen molar-refractivity contribution in [3.05, 3.63) is 36.0 Å². The van der Waals surface area contributed by atoms with Gasteiger partial charge in [-0.25, -0.2) is 12.8 Å². The van der Waals surface area contributed by atoms with Crippen molar-refractivity contribution in [3.8, 4) is 6.07 Å². The number of aromatic nitrogens is 2. The lowest BCUT2D eigenvalue weighted by Crippen LogP contribution is -2.40. The van der Waals surface area contributed by atoms with Crippen LogP contribution in [0.25, 0.3) is 0 Å². The van der Waals surface area contributed by atoms with Crippen LogP contribution in [0, 0.1) is 17.2 Å². The number of primary amides is 1. The standard InChI is InChI=1S/C22H24F4N6O3S/c23-14-7-8-31(11-14)16-3-6-19(13(9-16)10-27)32-12-18(20(28)33)21(30-32)29-15-1-4-17(5-2-15)36(34,35)22(24,25)26/h1-2,4-5,12-14,16,19H,3,6-9,11H2,(H2,28,33)(H,29,30)/t13-,14+,16?,19+/m1/s1. The summed E-state index contributed by atoms with van der Waals surface area (Å²) in [5.41, 5.74) is 0.230. The number of hydrogen-bond acceptors (Lipinski definition) is 7. The summed E-state index contributed by atoms with van der Waals surface area (Å²) >= 11 is 0. The van der Waals surface area contributed by atoms with E-state index in [9.17, 15) is 36.0 Å². The Bertz CT molecular complexity index is 1270. The molecular weight excluding hydrogens is 504 g/mol. The zero-order valence-corrected chi connectivity index (χ0v) is 19.8. The van der Waals surface area contributed by atoms with Crippen molar-refractivity contribution in [2.45, 2.75) is 54.3 Å². The Balaban J connectivity index is 1.53. The van der Waals surface area contributed by atoms with E-state index < -0.39 is 38.2 Å². The van der Waals surface area contributed by atoms with Crippen LogP contribution in [0.15, 0.2) is 35.4 Å². The molecule has 0 bridgehead atoms. The molecule has 1 aromatic carbocycles. The molecule has 1 aliphatic carbocycles. The third-order valence-electron chi connectivity index (χ3n) is 6.70. The van der Waals surface area contributed by atoms with Crippen molar-refractivity contribution in [2.24, 2.45) is 11.7 Å². The van der Waals surface area contributed by atoms with Gasteiger partial charge in [-0.1, -0.05) is 0 Å². The minimum atomic E-state index is -5.50.